The molecule has 0 aliphatic carbocycles. The lowest BCUT2D eigenvalue weighted by Crippen LogP contribution is -2.56. The molecule has 24 heavy (non-hydrogen) atoms. The van der Waals surface area contributed by atoms with Crippen molar-refractivity contribution < 1.29 is 37.4 Å². The number of nitrogens with zero attached hydrogens (tertiary/aromatic N) is 1. The smallest absolute Gasteiger partial charge is 0.407 e. The Bertz CT molecular complexity index is 516. The van der Waals surface area contributed by atoms with Crippen LogP contribution in [0.2, 0.25) is 0 Å². The van der Waals surface area contributed by atoms with Crippen molar-refractivity contribution in [3.63, 3.8) is 0 Å². The molecule has 2 amide bonds. The summed E-state index contributed by atoms with van der Waals surface area (Å²) in [6.45, 7) is 4.03. The summed E-state index contributed by atoms with van der Waals surface area (Å²) >= 11 is 0. The molecule has 3 atom stereocenters. The highest BCUT2D eigenvalue weighted by Gasteiger charge is 2.52. The molecule has 7 nitrogen and oxygen atoms in total. The first kappa shape index (κ1) is 20.0. The van der Waals surface area contributed by atoms with Crippen molar-refractivity contribution >= 4 is 18.0 Å². The van der Waals surface area contributed by atoms with Crippen molar-refractivity contribution in [1.29, 1.82) is 0 Å². The van der Waals surface area contributed by atoms with Gasteiger partial charge in [-0.1, -0.05) is 20.8 Å². The minimum atomic E-state index is -4.60. The number of carbonyl (C=O) groups excluding carboxylic acids is 2. The Hall–Kier alpha value is -2.00. The van der Waals surface area contributed by atoms with E-state index in [0.717, 1.165) is 7.11 Å². The van der Waals surface area contributed by atoms with Crippen LogP contribution in [0.25, 0.3) is 0 Å². The molecule has 138 valence electrons. The Morgan fingerprint density at radius 2 is 1.79 bits per heavy atom. The number of carboxylic acids is 1. The number of carbonyl (C=O) groups is 3. The fourth-order valence-electron chi connectivity index (χ4n) is 2.54. The highest BCUT2D eigenvalue weighted by atomic mass is 19.4. The topological polar surface area (TPSA) is 95.9 Å². The minimum Gasteiger partial charge on any atom is -0.480 e. The number of carboxylic acid groups (broad SMARTS) is 1. The van der Waals surface area contributed by atoms with E-state index in [1.165, 1.54) is 0 Å². The van der Waals surface area contributed by atoms with Crippen molar-refractivity contribution in [2.24, 2.45) is 11.3 Å². The molecule has 0 aromatic carbocycles. The summed E-state index contributed by atoms with van der Waals surface area (Å²) in [5, 5.41) is 11.4. The first-order valence-electron chi connectivity index (χ1n) is 7.23. The van der Waals surface area contributed by atoms with Crippen LogP contribution in [0.3, 0.4) is 0 Å². The normalized spacial score (nSPS) is 22.9. The molecule has 0 saturated carbocycles. The van der Waals surface area contributed by atoms with Gasteiger partial charge in [-0.05, 0) is 11.8 Å². The van der Waals surface area contributed by atoms with Gasteiger partial charge in [0.2, 0.25) is 5.91 Å². The molecule has 0 aromatic rings. The molecule has 0 aromatic heterocycles. The Morgan fingerprint density at radius 1 is 1.25 bits per heavy atom. The van der Waals surface area contributed by atoms with Crippen molar-refractivity contribution in [2.75, 3.05) is 13.7 Å². The minimum absolute atomic E-state index is 0.673. The summed E-state index contributed by atoms with van der Waals surface area (Å²) in [7, 11) is 1.08. The van der Waals surface area contributed by atoms with Crippen LogP contribution in [0.15, 0.2) is 0 Å². The molecule has 0 radical (unpaired) electrons. The highest BCUT2D eigenvalue weighted by molar-refractivity contribution is 5.90. The third kappa shape index (κ3) is 4.51. The SMILES string of the molecule is COC(=O)N[C@H](C(=O)N1C[C@H](C(F)(F)F)C[C@@H]1C(=O)O)C(C)(C)C. The number of rotatable bonds is 3. The molecule has 0 spiro atoms. The van der Waals surface area contributed by atoms with Crippen LogP contribution >= 0.6 is 0 Å². The molecule has 1 heterocycles. The van der Waals surface area contributed by atoms with E-state index in [9.17, 15) is 27.6 Å². The number of amides is 2. The quantitative estimate of drug-likeness (QED) is 0.803. The van der Waals surface area contributed by atoms with Gasteiger partial charge < -0.3 is 20.1 Å². The molecule has 1 rings (SSSR count). The third-order valence-electron chi connectivity index (χ3n) is 3.89. The third-order valence-corrected chi connectivity index (χ3v) is 3.89. The summed E-state index contributed by atoms with van der Waals surface area (Å²) in [5.41, 5.74) is -0.857. The van der Waals surface area contributed by atoms with E-state index in [-0.39, 0.29) is 0 Å². The molecule has 10 heteroatoms. The van der Waals surface area contributed by atoms with Crippen LogP contribution < -0.4 is 5.32 Å². The number of likely N-dealkylation sites (tertiary alicyclic amines) is 1. The predicted octanol–water partition coefficient (Wildman–Crippen LogP) is 1.62. The summed E-state index contributed by atoms with van der Waals surface area (Å²) in [6, 6.07) is -2.81. The van der Waals surface area contributed by atoms with Gasteiger partial charge in [-0.3, -0.25) is 4.79 Å². The van der Waals surface area contributed by atoms with E-state index >= 15 is 0 Å². The number of ether oxygens (including phenoxy) is 1. The molecule has 0 unspecified atom stereocenters. The average Bonchev–Trinajstić information content (AvgIpc) is 2.87. The number of alkyl carbamates (subject to hydrolysis) is 1. The largest absolute Gasteiger partial charge is 0.480 e. The lowest BCUT2D eigenvalue weighted by Gasteiger charge is -2.34. The fraction of sp³-hybridized carbons (Fsp3) is 0.786. The maximum Gasteiger partial charge on any atom is 0.407 e. The van der Waals surface area contributed by atoms with Gasteiger partial charge >= 0.3 is 18.2 Å². The molecule has 1 fully saturated rings. The highest BCUT2D eigenvalue weighted by Crippen LogP contribution is 2.37. The standard InChI is InChI=1S/C14H21F3N2O5/c1-13(2,3)9(18-12(23)24-4)10(20)19-6-7(14(15,16)17)5-8(19)11(21)22/h7-9H,5-6H2,1-4H3,(H,18,23)(H,21,22)/t7-,8-,9-/m1/s1. The second-order valence-corrected chi connectivity index (χ2v) is 6.75. The Kier molecular flexibility index (Phi) is 5.73. The number of halogens is 3. The number of methoxy groups -OCH3 is 1. The Morgan fingerprint density at radius 3 is 2.17 bits per heavy atom. The van der Waals surface area contributed by atoms with Crippen LogP contribution in [0.5, 0.6) is 0 Å². The predicted molar refractivity (Wildman–Crippen MR) is 76.1 cm³/mol. The van der Waals surface area contributed by atoms with Gasteiger partial charge in [-0.15, -0.1) is 0 Å². The zero-order valence-corrected chi connectivity index (χ0v) is 13.8. The maximum absolute atomic E-state index is 12.9. The van der Waals surface area contributed by atoms with Gasteiger partial charge in [-0.25, -0.2) is 9.59 Å². The van der Waals surface area contributed by atoms with Crippen LogP contribution in [-0.2, 0) is 14.3 Å². The fourth-order valence-corrected chi connectivity index (χ4v) is 2.54. The molecule has 1 aliphatic heterocycles. The van der Waals surface area contributed by atoms with E-state index in [4.69, 9.17) is 5.11 Å². The zero-order chi connectivity index (χ0) is 18.9. The second kappa shape index (κ2) is 6.86. The van der Waals surface area contributed by atoms with Crippen molar-refractivity contribution in [2.45, 2.75) is 45.5 Å². The summed E-state index contributed by atoms with van der Waals surface area (Å²) in [6.07, 6.45) is -6.24. The van der Waals surface area contributed by atoms with Crippen LogP contribution in [0.1, 0.15) is 27.2 Å². The molecule has 1 saturated heterocycles. The number of nitrogens with one attached hydrogen (secondary N) is 1. The number of hydrogen-bond acceptors (Lipinski definition) is 4. The molecular weight excluding hydrogens is 333 g/mol. The first-order valence-corrected chi connectivity index (χ1v) is 7.23. The summed E-state index contributed by atoms with van der Waals surface area (Å²) in [4.78, 5) is 36.0. The first-order chi connectivity index (χ1) is 10.8. The van der Waals surface area contributed by atoms with E-state index in [2.05, 4.69) is 10.1 Å². The number of aliphatic carboxylic acids is 1. The van der Waals surface area contributed by atoms with Gasteiger partial charge in [-0.2, -0.15) is 13.2 Å². The summed E-state index contributed by atoms with van der Waals surface area (Å²) < 4.78 is 43.2. The van der Waals surface area contributed by atoms with Crippen LogP contribution in [0.4, 0.5) is 18.0 Å². The number of hydrogen-bond donors (Lipinski definition) is 2. The van der Waals surface area contributed by atoms with Crippen molar-refractivity contribution in [3.8, 4) is 0 Å². The van der Waals surface area contributed by atoms with Gasteiger partial charge in [0.1, 0.15) is 12.1 Å². The maximum atomic E-state index is 12.9. The Labute approximate surface area is 137 Å². The lowest BCUT2D eigenvalue weighted by atomic mass is 9.85. The molecular formula is C14H21F3N2O5. The van der Waals surface area contributed by atoms with Crippen LogP contribution in [-0.4, -0.2) is 59.9 Å². The van der Waals surface area contributed by atoms with E-state index in [1.54, 1.807) is 20.8 Å². The Balaban J connectivity index is 3.10. The van der Waals surface area contributed by atoms with Crippen LogP contribution in [0, 0.1) is 11.3 Å². The molecule has 2 N–H and O–H groups in total. The zero-order valence-electron chi connectivity index (χ0n) is 13.8. The van der Waals surface area contributed by atoms with E-state index in [0.29, 0.717) is 4.90 Å². The molecule has 0 bridgehead atoms. The van der Waals surface area contributed by atoms with Gasteiger partial charge in [0.05, 0.1) is 13.0 Å². The second-order valence-electron chi connectivity index (χ2n) is 6.75. The summed E-state index contributed by atoms with van der Waals surface area (Å²) in [5.74, 6) is -4.31. The lowest BCUT2D eigenvalue weighted by molar-refractivity contribution is -0.171. The van der Waals surface area contributed by atoms with E-state index < -0.39 is 60.5 Å². The molecule has 1 aliphatic rings. The van der Waals surface area contributed by atoms with Crippen molar-refractivity contribution in [3.05, 3.63) is 0 Å². The number of alkyl halides is 3. The van der Waals surface area contributed by atoms with E-state index in [1.807, 2.05) is 0 Å². The monoisotopic (exact) mass is 354 g/mol. The van der Waals surface area contributed by atoms with Gasteiger partial charge in [0.15, 0.2) is 0 Å². The average molecular weight is 354 g/mol. The van der Waals surface area contributed by atoms with Gasteiger partial charge in [0.25, 0.3) is 0 Å². The van der Waals surface area contributed by atoms with Gasteiger partial charge in [0, 0.05) is 6.54 Å². The van der Waals surface area contributed by atoms with Crippen molar-refractivity contribution in [1.82, 2.24) is 10.2 Å².